The van der Waals surface area contributed by atoms with Crippen molar-refractivity contribution < 1.29 is 5.11 Å². The third-order valence-electron chi connectivity index (χ3n) is 3.11. The Hall–Kier alpha value is -2.67. The number of anilines is 1. The first kappa shape index (κ1) is 13.3. The topological polar surface area (TPSA) is 91.7 Å². The van der Waals surface area contributed by atoms with E-state index in [4.69, 9.17) is 5.11 Å². The highest BCUT2D eigenvalue weighted by molar-refractivity contribution is 5.61. The molecule has 3 aromatic heterocycles. The number of aromatic nitrogens is 5. The van der Waals surface area contributed by atoms with Crippen LogP contribution in [0.3, 0.4) is 0 Å². The van der Waals surface area contributed by atoms with Crippen molar-refractivity contribution in [2.45, 2.75) is 13.1 Å². The summed E-state index contributed by atoms with van der Waals surface area (Å²) in [6.45, 7) is 1.20. The highest BCUT2D eigenvalue weighted by atomic mass is 16.3. The average molecular weight is 284 g/mol. The molecule has 0 radical (unpaired) electrons. The molecule has 3 heterocycles. The van der Waals surface area contributed by atoms with E-state index in [1.807, 2.05) is 18.3 Å². The summed E-state index contributed by atoms with van der Waals surface area (Å²) in [4.78, 5) is 4.12. The zero-order valence-electron chi connectivity index (χ0n) is 11.4. The van der Waals surface area contributed by atoms with Crippen LogP contribution in [0, 0.1) is 0 Å². The number of nitrogens with zero attached hydrogens (tertiary/aromatic N) is 4. The predicted molar refractivity (Wildman–Crippen MR) is 78.5 cm³/mol. The number of hydrogen-bond donors (Lipinski definition) is 3. The fourth-order valence-corrected chi connectivity index (χ4v) is 2.08. The van der Waals surface area contributed by atoms with Crippen molar-refractivity contribution in [2.24, 2.45) is 0 Å². The van der Waals surface area contributed by atoms with Crippen molar-refractivity contribution in [3.63, 3.8) is 0 Å². The summed E-state index contributed by atoms with van der Waals surface area (Å²) in [6, 6.07) is 3.88. The summed E-state index contributed by atoms with van der Waals surface area (Å²) in [5.74, 6) is 0. The number of nitrogens with one attached hydrogen (secondary N) is 2. The van der Waals surface area contributed by atoms with Crippen molar-refractivity contribution in [2.75, 3.05) is 11.9 Å². The molecule has 3 rings (SSSR count). The lowest BCUT2D eigenvalue weighted by molar-refractivity contribution is 0.269. The Labute approximate surface area is 121 Å². The van der Waals surface area contributed by atoms with Gasteiger partial charge >= 0.3 is 0 Å². The zero-order valence-corrected chi connectivity index (χ0v) is 11.4. The van der Waals surface area contributed by atoms with Crippen LogP contribution in [0.2, 0.25) is 0 Å². The third kappa shape index (κ3) is 3.09. The van der Waals surface area contributed by atoms with Gasteiger partial charge in [-0.25, -0.2) is 0 Å². The van der Waals surface area contributed by atoms with E-state index in [-0.39, 0.29) is 6.61 Å². The molecule has 7 heteroatoms. The standard InChI is InChI=1S/C14H16N6O/c21-5-4-20-10-13(9-18-20)16-7-12-8-17-19-14(12)11-2-1-3-15-6-11/h1-3,6,8-10,16,21H,4-5,7H2,(H,17,19). The molecule has 0 aliphatic heterocycles. The van der Waals surface area contributed by atoms with Crippen molar-refractivity contribution in [1.29, 1.82) is 0 Å². The first-order valence-electron chi connectivity index (χ1n) is 6.66. The lowest BCUT2D eigenvalue weighted by Crippen LogP contribution is -2.02. The number of aliphatic hydroxyl groups is 1. The second kappa shape index (κ2) is 6.19. The molecule has 0 saturated heterocycles. The average Bonchev–Trinajstić information content (AvgIpc) is 3.15. The monoisotopic (exact) mass is 284 g/mol. The highest BCUT2D eigenvalue weighted by Gasteiger charge is 2.08. The van der Waals surface area contributed by atoms with Crippen LogP contribution in [0.25, 0.3) is 11.3 Å². The predicted octanol–water partition coefficient (Wildman–Crippen LogP) is 1.27. The Balaban J connectivity index is 1.70. The van der Waals surface area contributed by atoms with Crippen LogP contribution in [0.4, 0.5) is 5.69 Å². The number of hydrogen-bond acceptors (Lipinski definition) is 5. The summed E-state index contributed by atoms with van der Waals surface area (Å²) >= 11 is 0. The van der Waals surface area contributed by atoms with Crippen LogP contribution in [0.1, 0.15) is 5.56 Å². The van der Waals surface area contributed by atoms with Gasteiger partial charge in [-0.1, -0.05) is 0 Å². The second-order valence-electron chi connectivity index (χ2n) is 4.58. The first-order chi connectivity index (χ1) is 10.4. The van der Waals surface area contributed by atoms with Crippen LogP contribution < -0.4 is 5.32 Å². The van der Waals surface area contributed by atoms with Crippen LogP contribution in [-0.4, -0.2) is 36.7 Å². The Kier molecular flexibility index (Phi) is 3.92. The van der Waals surface area contributed by atoms with Gasteiger partial charge in [-0.2, -0.15) is 10.2 Å². The zero-order chi connectivity index (χ0) is 14.5. The summed E-state index contributed by atoms with van der Waals surface area (Å²) in [5, 5.41) is 23.4. The largest absolute Gasteiger partial charge is 0.394 e. The lowest BCUT2D eigenvalue weighted by atomic mass is 10.1. The van der Waals surface area contributed by atoms with Gasteiger partial charge in [0.1, 0.15) is 0 Å². The van der Waals surface area contributed by atoms with E-state index < -0.39 is 0 Å². The van der Waals surface area contributed by atoms with Crippen LogP contribution in [0.5, 0.6) is 0 Å². The lowest BCUT2D eigenvalue weighted by Gasteiger charge is -2.04. The van der Waals surface area contributed by atoms with Crippen molar-refractivity contribution in [3.8, 4) is 11.3 Å². The fourth-order valence-electron chi connectivity index (χ4n) is 2.08. The molecule has 0 fully saturated rings. The van der Waals surface area contributed by atoms with Crippen LogP contribution in [0.15, 0.2) is 43.1 Å². The number of H-pyrrole nitrogens is 1. The Morgan fingerprint density at radius 1 is 1.29 bits per heavy atom. The SMILES string of the molecule is OCCn1cc(NCc2cn[nH]c2-c2cccnc2)cn1. The molecular weight excluding hydrogens is 268 g/mol. The maximum atomic E-state index is 8.87. The van der Waals surface area contributed by atoms with E-state index in [0.717, 1.165) is 22.5 Å². The molecule has 3 aromatic rings. The Morgan fingerprint density at radius 2 is 2.24 bits per heavy atom. The van der Waals surface area contributed by atoms with Gasteiger partial charge < -0.3 is 10.4 Å². The molecule has 0 unspecified atom stereocenters. The molecule has 0 atom stereocenters. The van der Waals surface area contributed by atoms with Crippen molar-refractivity contribution in [3.05, 3.63) is 48.7 Å². The van der Waals surface area contributed by atoms with Gasteiger partial charge in [0.15, 0.2) is 0 Å². The molecule has 7 nitrogen and oxygen atoms in total. The van der Waals surface area contributed by atoms with Gasteiger partial charge in [0.25, 0.3) is 0 Å². The third-order valence-corrected chi connectivity index (χ3v) is 3.11. The van der Waals surface area contributed by atoms with E-state index in [1.165, 1.54) is 0 Å². The van der Waals surface area contributed by atoms with Gasteiger partial charge in [0.2, 0.25) is 0 Å². The number of aromatic amines is 1. The van der Waals surface area contributed by atoms with Crippen LogP contribution in [-0.2, 0) is 13.1 Å². The smallest absolute Gasteiger partial charge is 0.0729 e. The van der Waals surface area contributed by atoms with Gasteiger partial charge in [0.05, 0.1) is 36.9 Å². The molecule has 0 spiro atoms. The maximum Gasteiger partial charge on any atom is 0.0729 e. The number of aliphatic hydroxyl groups excluding tert-OH is 1. The Bertz CT molecular complexity index is 690. The molecule has 0 amide bonds. The molecule has 0 saturated carbocycles. The Morgan fingerprint density at radius 3 is 3.05 bits per heavy atom. The summed E-state index contributed by atoms with van der Waals surface area (Å²) in [7, 11) is 0. The molecule has 108 valence electrons. The van der Waals surface area contributed by atoms with E-state index in [0.29, 0.717) is 13.1 Å². The minimum absolute atomic E-state index is 0.0774. The molecule has 0 bridgehead atoms. The van der Waals surface area contributed by atoms with Crippen LogP contribution >= 0.6 is 0 Å². The fraction of sp³-hybridized carbons (Fsp3) is 0.214. The second-order valence-corrected chi connectivity index (χ2v) is 4.58. The first-order valence-corrected chi connectivity index (χ1v) is 6.66. The molecule has 0 aliphatic carbocycles. The number of pyridine rings is 1. The summed E-state index contributed by atoms with van der Waals surface area (Å²) < 4.78 is 1.69. The minimum atomic E-state index is 0.0774. The normalized spacial score (nSPS) is 10.7. The highest BCUT2D eigenvalue weighted by Crippen LogP contribution is 2.20. The van der Waals surface area contributed by atoms with Gasteiger partial charge in [0, 0.05) is 36.3 Å². The van der Waals surface area contributed by atoms with E-state index in [1.54, 1.807) is 29.5 Å². The number of rotatable bonds is 6. The van der Waals surface area contributed by atoms with Gasteiger partial charge in [-0.15, -0.1) is 0 Å². The van der Waals surface area contributed by atoms with E-state index >= 15 is 0 Å². The van der Waals surface area contributed by atoms with E-state index in [2.05, 4.69) is 25.6 Å². The van der Waals surface area contributed by atoms with Crippen molar-refractivity contribution in [1.82, 2.24) is 25.0 Å². The molecule has 0 aromatic carbocycles. The summed E-state index contributed by atoms with van der Waals surface area (Å²) in [5.41, 5.74) is 3.92. The maximum absolute atomic E-state index is 8.87. The van der Waals surface area contributed by atoms with Gasteiger partial charge in [-0.3, -0.25) is 14.8 Å². The molecular formula is C14H16N6O. The van der Waals surface area contributed by atoms with Crippen molar-refractivity contribution >= 4 is 5.69 Å². The molecule has 21 heavy (non-hydrogen) atoms. The van der Waals surface area contributed by atoms with Gasteiger partial charge in [-0.05, 0) is 12.1 Å². The summed E-state index contributed by atoms with van der Waals surface area (Å²) in [6.07, 6.45) is 8.94. The molecule has 3 N–H and O–H groups in total. The quantitative estimate of drug-likeness (QED) is 0.634. The molecule has 0 aliphatic rings. The minimum Gasteiger partial charge on any atom is -0.394 e. The van der Waals surface area contributed by atoms with E-state index in [9.17, 15) is 0 Å².